The quantitative estimate of drug-likeness (QED) is 0.254. The van der Waals surface area contributed by atoms with Crippen molar-refractivity contribution in [2.45, 2.75) is 91.6 Å². The van der Waals surface area contributed by atoms with Gasteiger partial charge in [0.2, 0.25) is 5.91 Å². The number of likely N-dealkylation sites (N-methyl/N-ethyl adjacent to an activating group) is 2. The van der Waals surface area contributed by atoms with E-state index in [0.717, 1.165) is 39.1 Å². The standard InChI is InChI=1S/C17H26N2O.C14H22N2.2C2H6.4HI.V/c1-4-11-18(3)16-13-19(17(20)5-2)12-15(16)14-9-7-6-8-10-14;1-3-9-16(2)14-11-15-10-13(14)12-7-5-4-6-8-12;2*1-2;;;;;/h6-10,15-16H,4-5,11-13H2,1-3H3;4-8,13-15H,3,9-11H2,1-2H3;2*1-2H3;4*1H;/q;;;;;;;;+3/p-3/t15-,16+;13-,14+;;;;;;;/m11......./s1. The molecule has 0 aliphatic carbocycles. The van der Waals surface area contributed by atoms with Gasteiger partial charge in [0, 0.05) is 56.5 Å². The molecule has 5 nitrogen and oxygen atoms in total. The summed E-state index contributed by atoms with van der Waals surface area (Å²) in [5, 5.41) is 3.52. The van der Waals surface area contributed by atoms with Crippen LogP contribution in [0.3, 0.4) is 0 Å². The van der Waals surface area contributed by atoms with Crippen molar-refractivity contribution in [3.05, 3.63) is 71.8 Å². The summed E-state index contributed by atoms with van der Waals surface area (Å²) < 4.78 is 0. The topological polar surface area (TPSA) is 38.8 Å². The van der Waals surface area contributed by atoms with Crippen molar-refractivity contribution in [3.8, 4) is 0 Å². The second-order valence-corrected chi connectivity index (χ2v) is 46.0. The molecule has 2 aliphatic rings. The van der Waals surface area contributed by atoms with E-state index in [1.54, 1.807) is 0 Å². The Morgan fingerprint density at radius 3 is 1.60 bits per heavy atom. The van der Waals surface area contributed by atoms with E-state index in [9.17, 15) is 4.79 Å². The van der Waals surface area contributed by atoms with Crippen molar-refractivity contribution < 1.29 is 9.72 Å². The van der Waals surface area contributed by atoms with Gasteiger partial charge in [0.15, 0.2) is 0 Å². The number of likely N-dealkylation sites (tertiary alicyclic amines) is 1. The van der Waals surface area contributed by atoms with Gasteiger partial charge < -0.3 is 20.0 Å². The summed E-state index contributed by atoms with van der Waals surface area (Å²) in [7, 11) is 4.43. The molecule has 4 rings (SSSR count). The minimum absolute atomic E-state index is 0. The van der Waals surface area contributed by atoms with Gasteiger partial charge in [-0.2, -0.15) is 0 Å². The summed E-state index contributed by atoms with van der Waals surface area (Å²) in [4.78, 5) is 18.7. The van der Waals surface area contributed by atoms with E-state index in [4.69, 9.17) is 0 Å². The zero-order chi connectivity index (χ0) is 33.5. The van der Waals surface area contributed by atoms with Crippen LogP contribution in [0.4, 0.5) is 0 Å². The molecule has 45 heavy (non-hydrogen) atoms. The zero-order valence-electron chi connectivity index (χ0n) is 29.2. The number of nitrogens with zero attached hydrogens (tertiary/aromatic N) is 3. The molecule has 2 aromatic carbocycles. The Hall–Kier alpha value is 1.29. The molecule has 1 N–H and O–H groups in total. The average Bonchev–Trinajstić information content (AvgIpc) is 3.73. The van der Waals surface area contributed by atoms with Gasteiger partial charge in [0.05, 0.1) is 0 Å². The molecular formula is C35H61I4N4OV. The van der Waals surface area contributed by atoms with Gasteiger partial charge >= 0.3 is 64.9 Å². The number of benzene rings is 2. The monoisotopic (exact) mass is 1110 g/mol. The Morgan fingerprint density at radius 2 is 1.18 bits per heavy atom. The fraction of sp³-hybridized carbons (Fsp3) is 0.629. The Balaban J connectivity index is 0. The predicted molar refractivity (Wildman–Crippen MR) is 232 cm³/mol. The van der Waals surface area contributed by atoms with Crippen molar-refractivity contribution in [1.29, 1.82) is 0 Å². The van der Waals surface area contributed by atoms with Crippen LogP contribution in [0.1, 0.15) is 90.7 Å². The van der Waals surface area contributed by atoms with Crippen LogP contribution in [-0.4, -0.2) is 86.1 Å². The molecule has 1 amide bonds. The van der Waals surface area contributed by atoms with Crippen LogP contribution >= 0.6 is 83.9 Å². The maximum atomic E-state index is 12.0. The van der Waals surface area contributed by atoms with Crippen molar-refractivity contribution in [2.24, 2.45) is 0 Å². The van der Waals surface area contributed by atoms with Crippen molar-refractivity contribution in [3.63, 3.8) is 0 Å². The van der Waals surface area contributed by atoms with Crippen LogP contribution in [0.25, 0.3) is 0 Å². The molecule has 2 aliphatic heterocycles. The van der Waals surface area contributed by atoms with Crippen molar-refractivity contribution in [2.75, 3.05) is 53.4 Å². The minimum atomic E-state index is -0.278. The first-order valence-corrected chi connectivity index (χ1v) is 30.0. The van der Waals surface area contributed by atoms with E-state index in [0.29, 0.717) is 30.3 Å². The zero-order valence-corrected chi connectivity index (χ0v) is 39.4. The Labute approximate surface area is 332 Å². The van der Waals surface area contributed by atoms with E-state index in [-0.39, 0.29) is 34.8 Å². The third kappa shape index (κ3) is 18.7. The number of nitrogens with one attached hydrogen (secondary N) is 1. The third-order valence-corrected chi connectivity index (χ3v) is 7.87. The van der Waals surface area contributed by atoms with E-state index in [2.05, 4.69) is 164 Å². The molecule has 0 aromatic heterocycles. The normalized spacial score (nSPS) is 20.0. The van der Waals surface area contributed by atoms with Gasteiger partial charge in [0.1, 0.15) is 0 Å². The number of amides is 1. The van der Waals surface area contributed by atoms with Crippen LogP contribution in [0, 0.1) is 0 Å². The molecule has 0 radical (unpaired) electrons. The molecular weight excluding hydrogens is 1050 g/mol. The Bertz CT molecular complexity index is 958. The number of hydrogen-bond donors (Lipinski definition) is 1. The molecule has 2 aromatic rings. The summed E-state index contributed by atoms with van der Waals surface area (Å²) in [5.41, 5.74) is 2.83. The predicted octanol–water partition coefficient (Wildman–Crippen LogP) is 10.1. The third-order valence-electron chi connectivity index (χ3n) is 7.87. The summed E-state index contributed by atoms with van der Waals surface area (Å²) in [6.07, 6.45) is 2.98. The molecule has 0 unspecified atom stereocenters. The van der Waals surface area contributed by atoms with Crippen LogP contribution in [0.5, 0.6) is 0 Å². The van der Waals surface area contributed by atoms with Crippen molar-refractivity contribution in [1.82, 2.24) is 20.0 Å². The molecule has 10 heteroatoms. The number of rotatable bonds is 9. The molecule has 260 valence electrons. The number of carbonyl (C=O) groups is 1. The molecule has 0 spiro atoms. The molecule has 4 atom stereocenters. The molecule has 2 heterocycles. The van der Waals surface area contributed by atoms with Crippen LogP contribution in [0.15, 0.2) is 60.7 Å². The van der Waals surface area contributed by atoms with Gasteiger partial charge in [-0.1, -0.05) is 109 Å². The maximum absolute atomic E-state index is 12.0. The molecule has 2 fully saturated rings. The summed E-state index contributed by atoms with van der Waals surface area (Å²) >= 11 is 7.39. The second-order valence-electron chi connectivity index (χ2n) is 10.6. The van der Waals surface area contributed by atoms with Gasteiger partial charge in [-0.3, -0.25) is 4.79 Å². The fourth-order valence-corrected chi connectivity index (χ4v) is 5.89. The van der Waals surface area contributed by atoms with Crippen molar-refractivity contribution >= 4 is 89.8 Å². The van der Waals surface area contributed by atoms with E-state index < -0.39 is 0 Å². The fourth-order valence-electron chi connectivity index (χ4n) is 5.89. The van der Waals surface area contributed by atoms with Gasteiger partial charge in [0.25, 0.3) is 0 Å². The first kappa shape index (κ1) is 48.4. The van der Waals surface area contributed by atoms with Crippen LogP contribution in [-0.2, 0) is 9.72 Å². The summed E-state index contributed by atoms with van der Waals surface area (Å²) in [6.45, 7) is 20.6. The van der Waals surface area contributed by atoms with E-state index >= 15 is 0 Å². The second kappa shape index (κ2) is 30.1. The first-order valence-electron chi connectivity index (χ1n) is 16.5. The Morgan fingerprint density at radius 1 is 0.756 bits per heavy atom. The number of halogens is 4. The van der Waals surface area contributed by atoms with Crippen LogP contribution < -0.4 is 5.32 Å². The summed E-state index contributed by atoms with van der Waals surface area (Å²) in [6, 6.07) is 22.6. The molecule has 2 saturated heterocycles. The van der Waals surface area contributed by atoms with Gasteiger partial charge in [-0.25, -0.2) is 0 Å². The summed E-state index contributed by atoms with van der Waals surface area (Å²) in [5.74, 6) is 1.36. The SMILES string of the molecule is CC.CC.CCCN(C)[C@H]1CN(C(=O)CC)C[C@@H]1c1ccccc1.CCCN(C)[C@H]1CNC[C@@H]1c1ccccc1.I.[I][V]([I])[I]. The van der Waals surface area contributed by atoms with E-state index in [1.807, 2.05) is 39.5 Å². The van der Waals surface area contributed by atoms with Gasteiger partial charge in [-0.15, -0.1) is 24.0 Å². The Kier molecular flexibility index (Phi) is 32.4. The number of carbonyl (C=O) groups excluding carboxylic acids is 1. The van der Waals surface area contributed by atoms with E-state index in [1.165, 1.54) is 24.1 Å². The molecule has 0 saturated carbocycles. The van der Waals surface area contributed by atoms with Crippen LogP contribution in [0.2, 0.25) is 0 Å². The molecule has 0 bridgehead atoms. The number of hydrogen-bond acceptors (Lipinski definition) is 4. The first-order chi connectivity index (χ1) is 21.2. The van der Waals surface area contributed by atoms with Gasteiger partial charge in [-0.05, 0) is 51.2 Å². The average molecular weight is 1110 g/mol.